The summed E-state index contributed by atoms with van der Waals surface area (Å²) in [5.41, 5.74) is 21.4. The second-order valence-electron chi connectivity index (χ2n) is 23.8. The van der Waals surface area contributed by atoms with E-state index in [4.69, 9.17) is 9.47 Å². The van der Waals surface area contributed by atoms with E-state index in [9.17, 15) is 0 Å². The first-order valence-corrected chi connectivity index (χ1v) is 25.2. The van der Waals surface area contributed by atoms with E-state index in [0.717, 1.165) is 28.7 Å². The molecular weight excluding hydrogens is 840 g/mol. The minimum atomic E-state index is -0.223. The molecule has 13 rings (SSSR count). The van der Waals surface area contributed by atoms with Gasteiger partial charge in [-0.05, 0) is 158 Å². The van der Waals surface area contributed by atoms with E-state index in [1.165, 1.54) is 102 Å². The monoisotopic (exact) mass is 900 g/mol. The Bertz CT molecular complexity index is 3400. The van der Waals surface area contributed by atoms with Crippen molar-refractivity contribution < 1.29 is 9.47 Å². The quantitative estimate of drug-likeness (QED) is 0.165. The molecule has 0 bridgehead atoms. The third-order valence-electron chi connectivity index (χ3n) is 17.1. The number of hydrogen-bond donors (Lipinski definition) is 0. The van der Waals surface area contributed by atoms with Gasteiger partial charge in [0.2, 0.25) is 0 Å². The predicted molar refractivity (Wildman–Crippen MR) is 288 cm³/mol. The highest BCUT2D eigenvalue weighted by molar-refractivity contribution is 6.93. The summed E-state index contributed by atoms with van der Waals surface area (Å²) in [6, 6.07) is 50.0. The highest BCUT2D eigenvalue weighted by atomic mass is 16.6. The first-order valence-electron chi connectivity index (χ1n) is 25.2. The van der Waals surface area contributed by atoms with Crippen LogP contribution >= 0.6 is 0 Å². The van der Waals surface area contributed by atoms with Crippen molar-refractivity contribution in [2.75, 3.05) is 9.71 Å². The molecule has 3 aliphatic carbocycles. The predicted octanol–water partition coefficient (Wildman–Crippen LogP) is 16.1. The number of allylic oxidation sites excluding steroid dienone is 3. The van der Waals surface area contributed by atoms with Crippen LogP contribution in [0.3, 0.4) is 0 Å². The third kappa shape index (κ3) is 6.21. The average molecular weight is 901 g/mol. The molecule has 3 aliphatic heterocycles. The van der Waals surface area contributed by atoms with Crippen molar-refractivity contribution in [2.45, 2.75) is 92.9 Å². The van der Waals surface area contributed by atoms with Gasteiger partial charge in [-0.25, -0.2) is 0 Å². The zero-order chi connectivity index (χ0) is 47.5. The lowest BCUT2D eigenvalue weighted by Crippen LogP contribution is -2.62. The molecule has 0 aromatic heterocycles. The van der Waals surface area contributed by atoms with Crippen LogP contribution < -0.4 is 30.1 Å². The lowest BCUT2D eigenvalue weighted by Gasteiger charge is -2.52. The van der Waals surface area contributed by atoms with Crippen molar-refractivity contribution in [1.29, 1.82) is 0 Å². The number of nitrogens with zero attached hydrogens (tertiary/aromatic N) is 2. The molecule has 7 aromatic carbocycles. The van der Waals surface area contributed by atoms with E-state index in [1.807, 2.05) is 24.3 Å². The molecule has 7 aromatic rings. The smallest absolute Gasteiger partial charge is 0.333 e. The lowest BCUT2D eigenvalue weighted by atomic mass is 9.43. The van der Waals surface area contributed by atoms with E-state index >= 15 is 0 Å². The Balaban J connectivity index is 1.14. The van der Waals surface area contributed by atoms with Crippen LogP contribution in [0.1, 0.15) is 97.4 Å². The van der Waals surface area contributed by atoms with Crippen molar-refractivity contribution in [1.82, 2.24) is 0 Å². The van der Waals surface area contributed by atoms with Gasteiger partial charge in [0, 0.05) is 51.1 Å². The van der Waals surface area contributed by atoms with Gasteiger partial charge in [0.25, 0.3) is 0 Å². The largest absolute Gasteiger partial charge is 0.450 e. The summed E-state index contributed by atoms with van der Waals surface area (Å²) in [7, 11) is 0. The number of rotatable bonds is 3. The summed E-state index contributed by atoms with van der Waals surface area (Å²) >= 11 is 0. The van der Waals surface area contributed by atoms with Crippen LogP contribution in [0.15, 0.2) is 157 Å². The molecule has 4 nitrogen and oxygen atoms in total. The van der Waals surface area contributed by atoms with Gasteiger partial charge in [0.05, 0.1) is 0 Å². The van der Waals surface area contributed by atoms with Gasteiger partial charge in [-0.15, -0.1) is 0 Å². The number of fused-ring (bicyclic) bond motifs is 10. The Morgan fingerprint density at radius 3 is 1.97 bits per heavy atom. The maximum atomic E-state index is 6.88. The van der Waals surface area contributed by atoms with Crippen molar-refractivity contribution in [3.05, 3.63) is 180 Å². The molecule has 0 spiro atoms. The number of aryl methyl sites for hydroxylation is 1. The third-order valence-corrected chi connectivity index (χ3v) is 17.1. The molecule has 6 aliphatic rings. The zero-order valence-corrected chi connectivity index (χ0v) is 41.8. The Kier molecular flexibility index (Phi) is 8.86. The molecule has 0 amide bonds. The number of ether oxygens (including phenoxy) is 2. The molecule has 5 heteroatoms. The van der Waals surface area contributed by atoms with Gasteiger partial charge in [0.1, 0.15) is 0 Å². The van der Waals surface area contributed by atoms with Crippen LogP contribution in [0, 0.1) is 29.6 Å². The van der Waals surface area contributed by atoms with Crippen molar-refractivity contribution in [3.8, 4) is 56.4 Å². The molecule has 1 saturated carbocycles. The van der Waals surface area contributed by atoms with Gasteiger partial charge in [-0.3, -0.25) is 0 Å². The Labute approximate surface area is 409 Å². The lowest BCUT2D eigenvalue weighted by molar-refractivity contribution is 0.0327. The van der Waals surface area contributed by atoms with Gasteiger partial charge < -0.3 is 19.2 Å². The highest BCUT2D eigenvalue weighted by Gasteiger charge is 2.51. The fraction of sp³-hybridized carbons (Fsp3) is 0.281. The summed E-state index contributed by atoms with van der Waals surface area (Å²) in [5.74, 6) is 3.75. The second-order valence-corrected chi connectivity index (χ2v) is 23.8. The van der Waals surface area contributed by atoms with E-state index in [1.54, 1.807) is 0 Å². The zero-order valence-electron chi connectivity index (χ0n) is 41.8. The Hall–Kier alpha value is -6.72. The molecule has 1 fully saturated rings. The Morgan fingerprint density at radius 2 is 1.23 bits per heavy atom. The number of hydrogen-bond acceptors (Lipinski definition) is 4. The molecule has 0 N–H and O–H groups in total. The SMILES string of the molecule is Cc1cc2c3c(c1)N(C1=CC4C(C=C1)C(C)(C)CCC4(C)C)c1cc4c(cc1B3N(c1ccc(C(C)(C)C)cc1-c1ccccc1)c1cc3c(cc1-2)-c1ccccc1C3(C)C)Oc1ccccc1O4. The first-order chi connectivity index (χ1) is 33.0. The maximum absolute atomic E-state index is 6.88. The van der Waals surface area contributed by atoms with Crippen LogP contribution in [-0.2, 0) is 10.8 Å². The molecular formula is C64H61BN2O2. The minimum absolute atomic E-state index is 0.0528. The van der Waals surface area contributed by atoms with Crippen LogP contribution in [0.4, 0.5) is 22.7 Å². The number of anilines is 4. The van der Waals surface area contributed by atoms with E-state index in [-0.39, 0.29) is 28.5 Å². The summed E-state index contributed by atoms with van der Waals surface area (Å²) in [6.45, 7) is 23.8. The highest BCUT2D eigenvalue weighted by Crippen LogP contribution is 2.59. The molecule has 3 heterocycles. The van der Waals surface area contributed by atoms with E-state index in [0.29, 0.717) is 11.8 Å². The summed E-state index contributed by atoms with van der Waals surface area (Å²) in [5, 5.41) is 0. The van der Waals surface area contributed by atoms with Gasteiger partial charge in [-0.1, -0.05) is 153 Å². The van der Waals surface area contributed by atoms with Crippen LogP contribution in [-0.4, -0.2) is 6.85 Å². The molecule has 2 atom stereocenters. The van der Waals surface area contributed by atoms with Crippen molar-refractivity contribution >= 4 is 40.5 Å². The summed E-state index contributed by atoms with van der Waals surface area (Å²) in [6.07, 6.45) is 10.0. The fourth-order valence-electron chi connectivity index (χ4n) is 13.2. The maximum Gasteiger partial charge on any atom is 0.333 e. The molecule has 0 radical (unpaired) electrons. The average Bonchev–Trinajstić information content (AvgIpc) is 3.55. The van der Waals surface area contributed by atoms with Crippen molar-refractivity contribution in [2.24, 2.45) is 22.7 Å². The molecule has 342 valence electrons. The molecule has 69 heavy (non-hydrogen) atoms. The van der Waals surface area contributed by atoms with E-state index in [2.05, 4.69) is 206 Å². The summed E-state index contributed by atoms with van der Waals surface area (Å²) < 4.78 is 13.7. The number of benzene rings is 7. The normalized spacial score (nSPS) is 20.1. The topological polar surface area (TPSA) is 24.9 Å². The van der Waals surface area contributed by atoms with Crippen molar-refractivity contribution in [3.63, 3.8) is 0 Å². The standard InChI is InChI=1S/C64H61BN2O2/c1-38-30-46-45-34-44-42-20-14-15-21-47(42)64(9,10)49(44)35-53(45)67(52-27-24-40(61(2,3)4)32-43(52)39-18-12-11-13-19-39)65-51-36-58-59(69-57-23-17-16-22-56(57)68-58)37-54(51)66(55(31-38)60(46)65)41-25-26-48-50(33-41)63(7,8)29-28-62(48,5)6/h11-27,30-37,48,50H,28-29H2,1-10H3. The van der Waals surface area contributed by atoms with Crippen LogP contribution in [0.5, 0.6) is 23.0 Å². The molecule has 0 saturated heterocycles. The number of para-hydroxylation sites is 2. The summed E-state index contributed by atoms with van der Waals surface area (Å²) in [4.78, 5) is 5.29. The van der Waals surface area contributed by atoms with Crippen LogP contribution in [0.25, 0.3) is 33.4 Å². The van der Waals surface area contributed by atoms with Crippen LogP contribution in [0.2, 0.25) is 0 Å². The first kappa shape index (κ1) is 42.4. The van der Waals surface area contributed by atoms with Gasteiger partial charge in [-0.2, -0.15) is 0 Å². The van der Waals surface area contributed by atoms with Gasteiger partial charge in [0.15, 0.2) is 23.0 Å². The van der Waals surface area contributed by atoms with E-state index < -0.39 is 0 Å². The fourth-order valence-corrected chi connectivity index (χ4v) is 13.2. The molecule has 2 unspecified atom stereocenters. The second kappa shape index (κ2) is 14.4. The Morgan fingerprint density at radius 1 is 0.551 bits per heavy atom. The minimum Gasteiger partial charge on any atom is -0.450 e. The van der Waals surface area contributed by atoms with Gasteiger partial charge >= 0.3 is 6.85 Å².